The first-order valence-electron chi connectivity index (χ1n) is 8.27. The number of fused-ring (bicyclic) bond motifs is 3. The van der Waals surface area contributed by atoms with Crippen molar-refractivity contribution in [3.63, 3.8) is 0 Å². The summed E-state index contributed by atoms with van der Waals surface area (Å²) < 4.78 is 0. The molecule has 0 aliphatic rings. The highest BCUT2D eigenvalue weighted by Gasteiger charge is 2.14. The fourth-order valence-electron chi connectivity index (χ4n) is 3.60. The van der Waals surface area contributed by atoms with Crippen LogP contribution in [0.15, 0.2) is 66.7 Å². The minimum Gasteiger partial charge on any atom is -0.399 e. The molecule has 0 fully saturated rings. The third kappa shape index (κ3) is 2.85. The molecule has 4 N–H and O–H groups in total. The molecule has 25 heavy (non-hydrogen) atoms. The third-order valence-corrected chi connectivity index (χ3v) is 4.72. The molecule has 0 atom stereocenters. The van der Waals surface area contributed by atoms with Crippen molar-refractivity contribution in [2.24, 2.45) is 0 Å². The Balaban J connectivity index is 0.00000182. The smallest absolute Gasteiger partial charge is 0.0400 e. The summed E-state index contributed by atoms with van der Waals surface area (Å²) in [6.07, 6.45) is 0.939. The molecule has 2 nitrogen and oxygen atoms in total. The van der Waals surface area contributed by atoms with Gasteiger partial charge in [0.1, 0.15) is 0 Å². The van der Waals surface area contributed by atoms with E-state index in [1.54, 1.807) is 0 Å². The predicted molar refractivity (Wildman–Crippen MR) is 115 cm³/mol. The second-order valence-corrected chi connectivity index (χ2v) is 6.18. The second-order valence-electron chi connectivity index (χ2n) is 6.18. The molecule has 0 unspecified atom stereocenters. The third-order valence-electron chi connectivity index (χ3n) is 4.72. The summed E-state index contributed by atoms with van der Waals surface area (Å²) in [5, 5.41) is 4.69. The number of nitrogen functional groups attached to an aromatic ring is 2. The van der Waals surface area contributed by atoms with E-state index in [9.17, 15) is 0 Å². The zero-order chi connectivity index (χ0) is 16.7. The summed E-state index contributed by atoms with van der Waals surface area (Å²) in [5.74, 6) is 0. The Kier molecular flexibility index (Phi) is 4.69. The van der Waals surface area contributed by atoms with Crippen LogP contribution in [0.25, 0.3) is 32.7 Å². The first-order chi connectivity index (χ1) is 11.7. The Morgan fingerprint density at radius 3 is 2.24 bits per heavy atom. The summed E-state index contributed by atoms with van der Waals surface area (Å²) in [7, 11) is 0. The van der Waals surface area contributed by atoms with E-state index in [2.05, 4.69) is 61.5 Å². The van der Waals surface area contributed by atoms with E-state index in [-0.39, 0.29) is 17.0 Å². The van der Waals surface area contributed by atoms with Gasteiger partial charge in [0.15, 0.2) is 0 Å². The van der Waals surface area contributed by atoms with Crippen molar-refractivity contribution in [3.05, 3.63) is 72.3 Å². The van der Waals surface area contributed by atoms with E-state index in [1.807, 2.05) is 12.1 Å². The summed E-state index contributed by atoms with van der Waals surface area (Å²) in [5.41, 5.74) is 17.8. The van der Waals surface area contributed by atoms with Gasteiger partial charge in [-0.1, -0.05) is 55.5 Å². The molecule has 0 aliphatic heterocycles. The zero-order valence-electron chi connectivity index (χ0n) is 14.1. The number of aryl methyl sites for hydroxylation is 1. The Hall–Kier alpha value is -2.52. The molecule has 0 radical (unpaired) electrons. The van der Waals surface area contributed by atoms with E-state index in [4.69, 9.17) is 11.5 Å². The van der Waals surface area contributed by atoms with Crippen molar-refractivity contribution in [2.45, 2.75) is 13.3 Å². The van der Waals surface area contributed by atoms with Gasteiger partial charge in [0.2, 0.25) is 0 Å². The minimum absolute atomic E-state index is 0. The highest BCUT2D eigenvalue weighted by Crippen LogP contribution is 2.39. The van der Waals surface area contributed by atoms with Gasteiger partial charge in [-0.25, -0.2) is 0 Å². The number of anilines is 2. The van der Waals surface area contributed by atoms with E-state index in [1.165, 1.54) is 32.8 Å². The Labute approximate surface area is 158 Å². The molecule has 3 heteroatoms. The molecule has 4 aromatic rings. The van der Waals surface area contributed by atoms with Gasteiger partial charge in [0.05, 0.1) is 0 Å². The van der Waals surface area contributed by atoms with Gasteiger partial charge in [-0.15, -0.1) is 17.0 Å². The molecule has 0 amide bonds. The fraction of sp³-hybridized carbons (Fsp3) is 0.0909. The lowest BCUT2D eigenvalue weighted by molar-refractivity contribution is 1.16. The van der Waals surface area contributed by atoms with E-state index in [0.717, 1.165) is 23.2 Å². The lowest BCUT2D eigenvalue weighted by atomic mass is 9.89. The van der Waals surface area contributed by atoms with Gasteiger partial charge in [-0.3, -0.25) is 0 Å². The van der Waals surface area contributed by atoms with Gasteiger partial charge in [0, 0.05) is 16.8 Å². The average molecular weight is 393 g/mol. The largest absolute Gasteiger partial charge is 0.399 e. The lowest BCUT2D eigenvalue weighted by Gasteiger charge is -2.16. The minimum atomic E-state index is 0. The Morgan fingerprint density at radius 2 is 1.52 bits per heavy atom. The van der Waals surface area contributed by atoms with Crippen molar-refractivity contribution < 1.29 is 0 Å². The zero-order valence-corrected chi connectivity index (χ0v) is 15.8. The van der Waals surface area contributed by atoms with E-state index < -0.39 is 0 Å². The summed E-state index contributed by atoms with van der Waals surface area (Å²) >= 11 is 0. The highest BCUT2D eigenvalue weighted by molar-refractivity contribution is 8.93. The van der Waals surface area contributed by atoms with Crippen LogP contribution in [0.3, 0.4) is 0 Å². The topological polar surface area (TPSA) is 52.0 Å². The first-order valence-corrected chi connectivity index (χ1v) is 8.27. The van der Waals surface area contributed by atoms with Crippen molar-refractivity contribution in [1.29, 1.82) is 0 Å². The van der Waals surface area contributed by atoms with E-state index >= 15 is 0 Å². The monoisotopic (exact) mass is 392 g/mol. The molecular formula is C22H21BrN2. The maximum absolute atomic E-state index is 6.42. The lowest BCUT2D eigenvalue weighted by Crippen LogP contribution is -1.97. The number of rotatable bonds is 2. The average Bonchev–Trinajstić information content (AvgIpc) is 2.62. The van der Waals surface area contributed by atoms with Gasteiger partial charge in [-0.2, -0.15) is 0 Å². The number of nitrogens with two attached hydrogens (primary N) is 2. The number of hydrogen-bond acceptors (Lipinski definition) is 2. The molecule has 0 aliphatic carbocycles. The van der Waals surface area contributed by atoms with E-state index in [0.29, 0.717) is 0 Å². The Bertz CT molecular complexity index is 1060. The van der Waals surface area contributed by atoms with Gasteiger partial charge < -0.3 is 11.5 Å². The van der Waals surface area contributed by atoms with Gasteiger partial charge in [-0.05, 0) is 57.5 Å². The fourth-order valence-corrected chi connectivity index (χ4v) is 3.60. The van der Waals surface area contributed by atoms with Crippen molar-refractivity contribution in [2.75, 3.05) is 11.5 Å². The molecule has 4 aromatic carbocycles. The van der Waals surface area contributed by atoms with Crippen molar-refractivity contribution in [3.8, 4) is 11.1 Å². The highest BCUT2D eigenvalue weighted by atomic mass is 79.9. The molecule has 0 bridgehead atoms. The van der Waals surface area contributed by atoms with Gasteiger partial charge in [0.25, 0.3) is 0 Å². The van der Waals surface area contributed by atoms with Crippen molar-refractivity contribution in [1.82, 2.24) is 0 Å². The van der Waals surface area contributed by atoms with Crippen LogP contribution < -0.4 is 11.5 Å². The quantitative estimate of drug-likeness (QED) is 0.326. The van der Waals surface area contributed by atoms with Crippen LogP contribution >= 0.6 is 17.0 Å². The standard InChI is InChI=1S/C22H20N2.BrH/c1-2-17-19(14-6-4-3-5-7-14)13-21(24)18-11-9-15-8-10-16(23)12-20(15)22(17)18;/h3-13H,2,23-24H2,1H3;1H. The normalized spacial score (nSPS) is 10.8. The maximum atomic E-state index is 6.42. The second kappa shape index (κ2) is 6.77. The number of benzene rings is 4. The van der Waals surface area contributed by atoms with Crippen LogP contribution in [0.5, 0.6) is 0 Å². The molecule has 0 spiro atoms. The van der Waals surface area contributed by atoms with Crippen LogP contribution in [0, 0.1) is 0 Å². The summed E-state index contributed by atoms with van der Waals surface area (Å²) in [6.45, 7) is 2.20. The van der Waals surface area contributed by atoms with Crippen LogP contribution in [0.2, 0.25) is 0 Å². The molecule has 0 saturated carbocycles. The van der Waals surface area contributed by atoms with Crippen LogP contribution in [-0.2, 0) is 6.42 Å². The maximum Gasteiger partial charge on any atom is 0.0400 e. The molecule has 0 saturated heterocycles. The number of hydrogen-bond donors (Lipinski definition) is 2. The SMILES string of the molecule is Br.CCc1c(-c2ccccc2)cc(N)c2ccc3ccc(N)cc3c12. The predicted octanol–water partition coefficient (Wildman–Crippen LogP) is 5.96. The molecule has 4 rings (SSSR count). The number of halogens is 1. The molecule has 0 aromatic heterocycles. The van der Waals surface area contributed by atoms with Gasteiger partial charge >= 0.3 is 0 Å². The first kappa shape index (κ1) is 17.3. The van der Waals surface area contributed by atoms with Crippen LogP contribution in [0.4, 0.5) is 11.4 Å². The summed E-state index contributed by atoms with van der Waals surface area (Å²) in [4.78, 5) is 0. The molecular weight excluding hydrogens is 372 g/mol. The molecule has 0 heterocycles. The van der Waals surface area contributed by atoms with Crippen LogP contribution in [-0.4, -0.2) is 0 Å². The molecule has 126 valence electrons. The van der Waals surface area contributed by atoms with Crippen molar-refractivity contribution >= 4 is 49.9 Å². The Morgan fingerprint density at radius 1 is 0.800 bits per heavy atom. The summed E-state index contributed by atoms with van der Waals surface area (Å²) in [6, 6.07) is 22.9. The van der Waals surface area contributed by atoms with Crippen LogP contribution in [0.1, 0.15) is 12.5 Å².